The summed E-state index contributed by atoms with van der Waals surface area (Å²) in [5.41, 5.74) is 5.67. The van der Waals surface area contributed by atoms with Crippen LogP contribution < -0.4 is 10.5 Å². The summed E-state index contributed by atoms with van der Waals surface area (Å²) in [5, 5.41) is 0. The molecule has 0 bridgehead atoms. The molecular weight excluding hydrogens is 190 g/mol. The average molecular weight is 205 g/mol. The molecule has 1 aliphatic rings. The molecule has 2 N–H and O–H groups in total. The Hall–Kier alpha value is -1.51. The number of hydrogen-bond acceptors (Lipinski definition) is 2. The van der Waals surface area contributed by atoms with Gasteiger partial charge in [-0.05, 0) is 49.9 Å². The van der Waals surface area contributed by atoms with Gasteiger partial charge in [-0.25, -0.2) is 0 Å². The molecule has 0 atom stereocenters. The van der Waals surface area contributed by atoms with Crippen LogP contribution in [0.3, 0.4) is 0 Å². The zero-order chi connectivity index (χ0) is 10.7. The van der Waals surface area contributed by atoms with Crippen molar-refractivity contribution >= 4 is 5.91 Å². The van der Waals surface area contributed by atoms with Gasteiger partial charge in [0.05, 0.1) is 6.10 Å². The van der Waals surface area contributed by atoms with Gasteiger partial charge >= 0.3 is 0 Å². The van der Waals surface area contributed by atoms with Gasteiger partial charge in [0.1, 0.15) is 5.75 Å². The van der Waals surface area contributed by atoms with Crippen molar-refractivity contribution in [1.29, 1.82) is 0 Å². The number of nitrogens with two attached hydrogens (primary N) is 1. The summed E-state index contributed by atoms with van der Waals surface area (Å²) in [6.45, 7) is 0. The first kappa shape index (κ1) is 10.0. The first-order valence-electron chi connectivity index (χ1n) is 5.32. The summed E-state index contributed by atoms with van der Waals surface area (Å²) in [5.74, 6) is 0.425. The van der Waals surface area contributed by atoms with E-state index < -0.39 is 5.91 Å². The van der Waals surface area contributed by atoms with E-state index in [9.17, 15) is 4.79 Å². The molecule has 1 aromatic rings. The Labute approximate surface area is 89.2 Å². The van der Waals surface area contributed by atoms with Crippen LogP contribution in [0.5, 0.6) is 5.75 Å². The maximum atomic E-state index is 10.8. The fourth-order valence-electron chi connectivity index (χ4n) is 1.90. The molecule has 0 aromatic heterocycles. The molecule has 1 aromatic carbocycles. The molecule has 80 valence electrons. The highest BCUT2D eigenvalue weighted by Crippen LogP contribution is 2.24. The molecule has 0 aliphatic heterocycles. The van der Waals surface area contributed by atoms with Crippen LogP contribution in [0.25, 0.3) is 0 Å². The fourth-order valence-corrected chi connectivity index (χ4v) is 1.90. The summed E-state index contributed by atoms with van der Waals surface area (Å²) >= 11 is 0. The number of amides is 1. The predicted molar refractivity (Wildman–Crippen MR) is 57.8 cm³/mol. The Bertz CT molecular complexity index is 339. The highest BCUT2D eigenvalue weighted by molar-refractivity contribution is 5.92. The molecule has 3 nitrogen and oxygen atoms in total. The topological polar surface area (TPSA) is 52.3 Å². The van der Waals surface area contributed by atoms with Gasteiger partial charge in [0.2, 0.25) is 5.91 Å². The van der Waals surface area contributed by atoms with Crippen LogP contribution in [0.2, 0.25) is 0 Å². The van der Waals surface area contributed by atoms with E-state index in [2.05, 4.69) is 0 Å². The lowest BCUT2D eigenvalue weighted by Crippen LogP contribution is -2.12. The quantitative estimate of drug-likeness (QED) is 0.821. The number of carbonyl (C=O) groups excluding carboxylic acids is 1. The smallest absolute Gasteiger partial charge is 0.248 e. The lowest BCUT2D eigenvalue weighted by molar-refractivity contribution is 0.100. The zero-order valence-electron chi connectivity index (χ0n) is 8.61. The van der Waals surface area contributed by atoms with E-state index in [4.69, 9.17) is 10.5 Å². The second kappa shape index (κ2) is 4.34. The summed E-state index contributed by atoms with van der Waals surface area (Å²) in [4.78, 5) is 10.8. The number of benzene rings is 1. The first-order chi connectivity index (χ1) is 7.25. The molecule has 1 aliphatic carbocycles. The third-order valence-corrected chi connectivity index (χ3v) is 2.74. The van der Waals surface area contributed by atoms with Crippen molar-refractivity contribution in [1.82, 2.24) is 0 Å². The molecule has 0 saturated heterocycles. The van der Waals surface area contributed by atoms with Gasteiger partial charge in [-0.2, -0.15) is 0 Å². The summed E-state index contributed by atoms with van der Waals surface area (Å²) in [6, 6.07) is 7.01. The standard InChI is InChI=1S/C12H15NO2/c13-12(14)9-5-7-11(8-6-9)15-10-3-1-2-4-10/h5-8,10H,1-4H2,(H2,13,14). The number of hydrogen-bond donors (Lipinski definition) is 1. The molecule has 1 saturated carbocycles. The first-order valence-corrected chi connectivity index (χ1v) is 5.32. The molecular formula is C12H15NO2. The van der Waals surface area contributed by atoms with Crippen LogP contribution in [0, 0.1) is 0 Å². The molecule has 15 heavy (non-hydrogen) atoms. The summed E-state index contributed by atoms with van der Waals surface area (Å²) < 4.78 is 5.76. The van der Waals surface area contributed by atoms with Crippen LogP contribution in [-0.2, 0) is 0 Å². The largest absolute Gasteiger partial charge is 0.490 e. The van der Waals surface area contributed by atoms with E-state index in [-0.39, 0.29) is 0 Å². The second-order valence-corrected chi connectivity index (χ2v) is 3.91. The van der Waals surface area contributed by atoms with Gasteiger partial charge < -0.3 is 10.5 Å². The monoisotopic (exact) mass is 205 g/mol. The van der Waals surface area contributed by atoms with Crippen LogP contribution in [0.15, 0.2) is 24.3 Å². The van der Waals surface area contributed by atoms with Crippen molar-refractivity contribution in [2.75, 3.05) is 0 Å². The molecule has 2 rings (SSSR count). The van der Waals surface area contributed by atoms with E-state index in [0.29, 0.717) is 11.7 Å². The molecule has 1 amide bonds. The van der Waals surface area contributed by atoms with Crippen molar-refractivity contribution in [3.63, 3.8) is 0 Å². The van der Waals surface area contributed by atoms with Gasteiger partial charge in [-0.15, -0.1) is 0 Å². The minimum atomic E-state index is -0.401. The Morgan fingerprint density at radius 1 is 1.20 bits per heavy atom. The maximum absolute atomic E-state index is 10.8. The minimum absolute atomic E-state index is 0.351. The van der Waals surface area contributed by atoms with E-state index in [1.165, 1.54) is 12.8 Å². The second-order valence-electron chi connectivity index (χ2n) is 3.91. The lowest BCUT2D eigenvalue weighted by atomic mass is 10.2. The van der Waals surface area contributed by atoms with Crippen molar-refractivity contribution in [3.05, 3.63) is 29.8 Å². The number of ether oxygens (including phenoxy) is 1. The van der Waals surface area contributed by atoms with Crippen molar-refractivity contribution in [2.24, 2.45) is 5.73 Å². The van der Waals surface area contributed by atoms with E-state index in [1.807, 2.05) is 0 Å². The molecule has 3 heteroatoms. The van der Waals surface area contributed by atoms with Gasteiger partial charge in [-0.1, -0.05) is 0 Å². The molecule has 0 unspecified atom stereocenters. The predicted octanol–water partition coefficient (Wildman–Crippen LogP) is 2.11. The van der Waals surface area contributed by atoms with Gasteiger partial charge in [0, 0.05) is 5.56 Å². The number of rotatable bonds is 3. The molecule has 1 fully saturated rings. The zero-order valence-corrected chi connectivity index (χ0v) is 8.61. The third-order valence-electron chi connectivity index (χ3n) is 2.74. The van der Waals surface area contributed by atoms with E-state index >= 15 is 0 Å². The highest BCUT2D eigenvalue weighted by atomic mass is 16.5. The van der Waals surface area contributed by atoms with Crippen molar-refractivity contribution in [2.45, 2.75) is 31.8 Å². The SMILES string of the molecule is NC(=O)c1ccc(OC2CCCC2)cc1. The Balaban J connectivity index is 2.00. The molecule has 0 spiro atoms. The maximum Gasteiger partial charge on any atom is 0.248 e. The van der Waals surface area contributed by atoms with Crippen LogP contribution >= 0.6 is 0 Å². The summed E-state index contributed by atoms with van der Waals surface area (Å²) in [6.07, 6.45) is 5.13. The third kappa shape index (κ3) is 2.49. The van der Waals surface area contributed by atoms with Crippen LogP contribution in [-0.4, -0.2) is 12.0 Å². The minimum Gasteiger partial charge on any atom is -0.490 e. The highest BCUT2D eigenvalue weighted by Gasteiger charge is 2.16. The van der Waals surface area contributed by atoms with Crippen molar-refractivity contribution in [3.8, 4) is 5.75 Å². The Morgan fingerprint density at radius 2 is 1.80 bits per heavy atom. The molecule has 0 heterocycles. The van der Waals surface area contributed by atoms with E-state index in [0.717, 1.165) is 18.6 Å². The fraction of sp³-hybridized carbons (Fsp3) is 0.417. The lowest BCUT2D eigenvalue weighted by Gasteiger charge is -2.12. The average Bonchev–Trinajstić information content (AvgIpc) is 2.71. The van der Waals surface area contributed by atoms with Crippen LogP contribution in [0.4, 0.5) is 0 Å². The van der Waals surface area contributed by atoms with Crippen LogP contribution in [0.1, 0.15) is 36.0 Å². The van der Waals surface area contributed by atoms with E-state index in [1.54, 1.807) is 24.3 Å². The van der Waals surface area contributed by atoms with Crippen molar-refractivity contribution < 1.29 is 9.53 Å². The van der Waals surface area contributed by atoms with Gasteiger partial charge in [0.25, 0.3) is 0 Å². The Kier molecular flexibility index (Phi) is 2.90. The normalized spacial score (nSPS) is 16.5. The van der Waals surface area contributed by atoms with Gasteiger partial charge in [-0.3, -0.25) is 4.79 Å². The number of carbonyl (C=O) groups is 1. The Morgan fingerprint density at radius 3 is 2.33 bits per heavy atom. The number of primary amides is 1. The summed E-state index contributed by atoms with van der Waals surface area (Å²) in [7, 11) is 0. The molecule has 0 radical (unpaired) electrons. The van der Waals surface area contributed by atoms with Gasteiger partial charge in [0.15, 0.2) is 0 Å².